The minimum Gasteiger partial charge on any atom is -0.307 e. The molecule has 1 aliphatic rings. The predicted molar refractivity (Wildman–Crippen MR) is 65.3 cm³/mol. The molecule has 82 valence electrons. The Morgan fingerprint density at radius 3 is 2.73 bits per heavy atom. The van der Waals surface area contributed by atoms with Crippen molar-refractivity contribution < 1.29 is 0 Å². The van der Waals surface area contributed by atoms with E-state index < -0.39 is 0 Å². The van der Waals surface area contributed by atoms with E-state index in [2.05, 4.69) is 18.3 Å². The minimum absolute atomic E-state index is 0.409. The average molecular weight is 224 g/mol. The van der Waals surface area contributed by atoms with Crippen LogP contribution in [0.25, 0.3) is 0 Å². The predicted octanol–water partition coefficient (Wildman–Crippen LogP) is 3.93. The van der Waals surface area contributed by atoms with Gasteiger partial charge in [-0.3, -0.25) is 0 Å². The number of hydrogen-bond acceptors (Lipinski definition) is 1. The maximum atomic E-state index is 5.98. The van der Waals surface area contributed by atoms with E-state index >= 15 is 0 Å². The van der Waals surface area contributed by atoms with Gasteiger partial charge in [-0.2, -0.15) is 0 Å². The summed E-state index contributed by atoms with van der Waals surface area (Å²) in [5.74, 6) is 0. The SMILES string of the molecule is C[C@@H](NC1CCCC1)c1cccc(Cl)c1. The summed E-state index contributed by atoms with van der Waals surface area (Å²) in [7, 11) is 0. The molecule has 1 atom stereocenters. The van der Waals surface area contributed by atoms with Gasteiger partial charge in [-0.05, 0) is 37.5 Å². The molecule has 2 rings (SSSR count). The molecule has 0 unspecified atom stereocenters. The molecule has 0 bridgehead atoms. The summed E-state index contributed by atoms with van der Waals surface area (Å²) in [6, 6.07) is 9.25. The summed E-state index contributed by atoms with van der Waals surface area (Å²) in [6.07, 6.45) is 5.40. The zero-order valence-corrected chi connectivity index (χ0v) is 9.93. The Balaban J connectivity index is 1.97. The van der Waals surface area contributed by atoms with Crippen LogP contribution < -0.4 is 5.32 Å². The van der Waals surface area contributed by atoms with E-state index in [0.717, 1.165) is 5.02 Å². The third-order valence-corrected chi connectivity index (χ3v) is 3.42. The molecule has 0 aromatic heterocycles. The summed E-state index contributed by atoms with van der Waals surface area (Å²) < 4.78 is 0. The van der Waals surface area contributed by atoms with Crippen molar-refractivity contribution in [2.75, 3.05) is 0 Å². The van der Waals surface area contributed by atoms with E-state index in [0.29, 0.717) is 12.1 Å². The van der Waals surface area contributed by atoms with E-state index in [9.17, 15) is 0 Å². The normalized spacial score (nSPS) is 19.3. The molecule has 1 N–H and O–H groups in total. The molecule has 0 spiro atoms. The maximum Gasteiger partial charge on any atom is 0.0409 e. The molecule has 0 heterocycles. The van der Waals surface area contributed by atoms with Gasteiger partial charge < -0.3 is 5.32 Å². The molecular weight excluding hydrogens is 206 g/mol. The van der Waals surface area contributed by atoms with Gasteiger partial charge in [-0.25, -0.2) is 0 Å². The lowest BCUT2D eigenvalue weighted by molar-refractivity contribution is 0.461. The van der Waals surface area contributed by atoms with Gasteiger partial charge in [0.1, 0.15) is 0 Å². The second-order valence-corrected chi connectivity index (χ2v) is 4.86. The van der Waals surface area contributed by atoms with Crippen LogP contribution in [0.3, 0.4) is 0 Å². The average Bonchev–Trinajstić information content (AvgIpc) is 2.70. The highest BCUT2D eigenvalue weighted by molar-refractivity contribution is 6.30. The first-order valence-corrected chi connectivity index (χ1v) is 6.15. The fourth-order valence-electron chi connectivity index (χ4n) is 2.32. The van der Waals surface area contributed by atoms with Gasteiger partial charge in [0.05, 0.1) is 0 Å². The second-order valence-electron chi connectivity index (χ2n) is 4.42. The first kappa shape index (κ1) is 11.0. The van der Waals surface area contributed by atoms with Crippen LogP contribution >= 0.6 is 11.6 Å². The van der Waals surface area contributed by atoms with Crippen molar-refractivity contribution in [1.82, 2.24) is 5.32 Å². The highest BCUT2D eigenvalue weighted by Gasteiger charge is 2.17. The number of nitrogens with one attached hydrogen (secondary N) is 1. The third kappa shape index (κ3) is 2.96. The first-order valence-electron chi connectivity index (χ1n) is 5.77. The number of hydrogen-bond donors (Lipinski definition) is 1. The van der Waals surface area contributed by atoms with Crippen molar-refractivity contribution in [1.29, 1.82) is 0 Å². The Kier molecular flexibility index (Phi) is 3.66. The minimum atomic E-state index is 0.409. The van der Waals surface area contributed by atoms with Gasteiger partial charge in [-0.15, -0.1) is 0 Å². The topological polar surface area (TPSA) is 12.0 Å². The Morgan fingerprint density at radius 1 is 1.33 bits per heavy atom. The Morgan fingerprint density at radius 2 is 2.07 bits per heavy atom. The molecule has 1 fully saturated rings. The number of halogens is 1. The summed E-state index contributed by atoms with van der Waals surface area (Å²) in [6.45, 7) is 2.21. The maximum absolute atomic E-state index is 5.98. The Labute approximate surface area is 96.8 Å². The molecule has 1 aromatic carbocycles. The van der Waals surface area contributed by atoms with E-state index in [-0.39, 0.29) is 0 Å². The lowest BCUT2D eigenvalue weighted by atomic mass is 10.1. The number of rotatable bonds is 3. The molecule has 0 radical (unpaired) electrons. The molecule has 2 heteroatoms. The van der Waals surface area contributed by atoms with Crippen LogP contribution in [0.5, 0.6) is 0 Å². The van der Waals surface area contributed by atoms with Gasteiger partial charge in [0.2, 0.25) is 0 Å². The van der Waals surface area contributed by atoms with Crippen LogP contribution in [-0.2, 0) is 0 Å². The van der Waals surface area contributed by atoms with E-state index in [1.165, 1.54) is 31.2 Å². The van der Waals surface area contributed by atoms with Crippen molar-refractivity contribution in [2.45, 2.75) is 44.7 Å². The fraction of sp³-hybridized carbons (Fsp3) is 0.538. The molecular formula is C13H18ClN. The molecule has 15 heavy (non-hydrogen) atoms. The molecule has 1 saturated carbocycles. The van der Waals surface area contributed by atoms with Crippen LogP contribution in [0.1, 0.15) is 44.2 Å². The standard InChI is InChI=1S/C13H18ClN/c1-10(15-13-7-2-3-8-13)11-5-4-6-12(14)9-11/h4-6,9-10,13,15H,2-3,7-8H2,1H3/t10-/m1/s1. The Bertz CT molecular complexity index is 318. The van der Waals surface area contributed by atoms with Gasteiger partial charge in [-0.1, -0.05) is 36.6 Å². The quantitative estimate of drug-likeness (QED) is 0.819. The molecule has 1 aromatic rings. The molecule has 1 aliphatic carbocycles. The molecule has 1 nitrogen and oxygen atoms in total. The fourth-order valence-corrected chi connectivity index (χ4v) is 2.52. The van der Waals surface area contributed by atoms with Crippen molar-refractivity contribution in [3.05, 3.63) is 34.9 Å². The monoisotopic (exact) mass is 223 g/mol. The Hall–Kier alpha value is -0.530. The largest absolute Gasteiger partial charge is 0.307 e. The van der Waals surface area contributed by atoms with Crippen LogP contribution in [0.2, 0.25) is 5.02 Å². The second kappa shape index (κ2) is 5.00. The zero-order valence-electron chi connectivity index (χ0n) is 9.17. The van der Waals surface area contributed by atoms with E-state index in [1.807, 2.05) is 18.2 Å². The van der Waals surface area contributed by atoms with E-state index in [1.54, 1.807) is 0 Å². The summed E-state index contributed by atoms with van der Waals surface area (Å²) in [5.41, 5.74) is 1.29. The van der Waals surface area contributed by atoms with Gasteiger partial charge in [0.15, 0.2) is 0 Å². The molecule has 0 amide bonds. The molecule has 0 saturated heterocycles. The van der Waals surface area contributed by atoms with Crippen LogP contribution in [0.4, 0.5) is 0 Å². The van der Waals surface area contributed by atoms with Crippen molar-refractivity contribution >= 4 is 11.6 Å². The third-order valence-electron chi connectivity index (χ3n) is 3.19. The smallest absolute Gasteiger partial charge is 0.0409 e. The first-order chi connectivity index (χ1) is 7.25. The van der Waals surface area contributed by atoms with Crippen molar-refractivity contribution in [3.8, 4) is 0 Å². The lowest BCUT2D eigenvalue weighted by Gasteiger charge is -2.19. The van der Waals surface area contributed by atoms with Crippen LogP contribution in [-0.4, -0.2) is 6.04 Å². The lowest BCUT2D eigenvalue weighted by Crippen LogP contribution is -2.28. The van der Waals surface area contributed by atoms with Crippen LogP contribution in [0.15, 0.2) is 24.3 Å². The number of benzene rings is 1. The van der Waals surface area contributed by atoms with E-state index in [4.69, 9.17) is 11.6 Å². The van der Waals surface area contributed by atoms with Crippen molar-refractivity contribution in [2.24, 2.45) is 0 Å². The highest BCUT2D eigenvalue weighted by Crippen LogP contribution is 2.23. The van der Waals surface area contributed by atoms with Crippen molar-refractivity contribution in [3.63, 3.8) is 0 Å². The zero-order chi connectivity index (χ0) is 10.7. The summed E-state index contributed by atoms with van der Waals surface area (Å²) in [4.78, 5) is 0. The van der Waals surface area contributed by atoms with Gasteiger partial charge in [0.25, 0.3) is 0 Å². The highest BCUT2D eigenvalue weighted by atomic mass is 35.5. The van der Waals surface area contributed by atoms with Gasteiger partial charge in [0, 0.05) is 17.1 Å². The summed E-state index contributed by atoms with van der Waals surface area (Å²) in [5, 5.41) is 4.49. The van der Waals surface area contributed by atoms with Crippen LogP contribution in [0, 0.1) is 0 Å². The summed E-state index contributed by atoms with van der Waals surface area (Å²) >= 11 is 5.98. The van der Waals surface area contributed by atoms with Gasteiger partial charge >= 0.3 is 0 Å². The molecule has 0 aliphatic heterocycles.